The smallest absolute Gasteiger partial charge is 0.320 e. The van der Waals surface area contributed by atoms with Crippen LogP contribution in [-0.2, 0) is 4.74 Å². The first-order valence-electron chi connectivity index (χ1n) is 11.5. The molecule has 2 saturated heterocycles. The number of benzene rings is 1. The van der Waals surface area contributed by atoms with E-state index in [0.29, 0.717) is 19.0 Å². The number of hydrogen-bond donors (Lipinski definition) is 0. The van der Waals surface area contributed by atoms with Crippen molar-refractivity contribution in [3.05, 3.63) is 35.5 Å². The van der Waals surface area contributed by atoms with Crippen molar-refractivity contribution in [3.8, 4) is 11.8 Å². The SMILES string of the molecule is COc1nc(N2CCO[C@@H](C)C2)cc(-n2ncc3cc(C)c(C4CCN(C)CC4F)cc32)n1. The van der Waals surface area contributed by atoms with Gasteiger partial charge in [0.05, 0.1) is 31.5 Å². The number of aryl methyl sites for hydroxylation is 1. The van der Waals surface area contributed by atoms with E-state index in [1.807, 2.05) is 19.3 Å². The second-order valence-electron chi connectivity index (χ2n) is 9.20. The van der Waals surface area contributed by atoms with E-state index in [0.717, 1.165) is 53.9 Å². The highest BCUT2D eigenvalue weighted by Gasteiger charge is 2.30. The molecule has 2 aromatic heterocycles. The topological polar surface area (TPSA) is 68.5 Å². The van der Waals surface area contributed by atoms with Gasteiger partial charge in [0.2, 0.25) is 0 Å². The zero-order valence-electron chi connectivity index (χ0n) is 19.7. The highest BCUT2D eigenvalue weighted by Crippen LogP contribution is 2.35. The Labute approximate surface area is 193 Å². The maximum atomic E-state index is 15.0. The Morgan fingerprint density at radius 1 is 1.12 bits per heavy atom. The van der Waals surface area contributed by atoms with Crippen LogP contribution in [0.4, 0.5) is 10.2 Å². The van der Waals surface area contributed by atoms with Gasteiger partial charge in [-0.1, -0.05) is 0 Å². The Kier molecular flexibility index (Phi) is 5.92. The molecule has 176 valence electrons. The summed E-state index contributed by atoms with van der Waals surface area (Å²) in [6.45, 7) is 7.62. The molecule has 8 nitrogen and oxygen atoms in total. The predicted octanol–water partition coefficient (Wildman–Crippen LogP) is 3.11. The zero-order valence-corrected chi connectivity index (χ0v) is 19.7. The molecule has 0 aliphatic carbocycles. The standard InChI is InChI=1S/C24H31FN6O2/c1-15-9-17-12-26-31(21(17)10-19(15)18-5-6-29(3)14-20(18)25)23-11-22(27-24(28-23)32-4)30-7-8-33-16(2)13-30/h9-12,16,18,20H,5-8,13-14H2,1-4H3/t16-,18?,20?/m0/s1. The molecule has 0 spiro atoms. The lowest BCUT2D eigenvalue weighted by molar-refractivity contribution is 0.0529. The van der Waals surface area contributed by atoms with E-state index in [1.54, 1.807) is 11.8 Å². The van der Waals surface area contributed by atoms with Crippen molar-refractivity contribution in [3.63, 3.8) is 0 Å². The van der Waals surface area contributed by atoms with Crippen molar-refractivity contribution in [1.29, 1.82) is 0 Å². The third-order valence-corrected chi connectivity index (χ3v) is 6.74. The van der Waals surface area contributed by atoms with Crippen LogP contribution in [0.1, 0.15) is 30.4 Å². The number of nitrogens with zero attached hydrogens (tertiary/aromatic N) is 6. The molecule has 5 rings (SSSR count). The number of halogens is 1. The molecule has 0 saturated carbocycles. The van der Waals surface area contributed by atoms with E-state index in [-0.39, 0.29) is 18.0 Å². The van der Waals surface area contributed by atoms with Crippen LogP contribution < -0.4 is 9.64 Å². The summed E-state index contributed by atoms with van der Waals surface area (Å²) in [5.74, 6) is 1.29. The molecule has 33 heavy (non-hydrogen) atoms. The van der Waals surface area contributed by atoms with Gasteiger partial charge in [-0.3, -0.25) is 0 Å². The van der Waals surface area contributed by atoms with Crippen LogP contribution in [0.25, 0.3) is 16.7 Å². The highest BCUT2D eigenvalue weighted by atomic mass is 19.1. The summed E-state index contributed by atoms with van der Waals surface area (Å²) in [6.07, 6.45) is 1.88. The molecule has 2 aliphatic heterocycles. The minimum Gasteiger partial charge on any atom is -0.467 e. The highest BCUT2D eigenvalue weighted by molar-refractivity contribution is 5.82. The third kappa shape index (κ3) is 4.27. The largest absolute Gasteiger partial charge is 0.467 e. The van der Waals surface area contributed by atoms with Crippen molar-refractivity contribution < 1.29 is 13.9 Å². The van der Waals surface area contributed by atoms with Gasteiger partial charge < -0.3 is 19.3 Å². The number of methoxy groups -OCH3 is 1. The molecule has 2 aliphatic rings. The number of rotatable bonds is 4. The van der Waals surface area contributed by atoms with E-state index >= 15 is 0 Å². The Balaban J connectivity index is 1.56. The Hall–Kier alpha value is -2.78. The van der Waals surface area contributed by atoms with Gasteiger partial charge in [0.1, 0.15) is 12.0 Å². The van der Waals surface area contributed by atoms with Crippen molar-refractivity contribution in [1.82, 2.24) is 24.6 Å². The lowest BCUT2D eigenvalue weighted by Crippen LogP contribution is -2.41. The van der Waals surface area contributed by atoms with Gasteiger partial charge in [-0.15, -0.1) is 0 Å². The number of alkyl halides is 1. The number of aromatic nitrogens is 4. The summed E-state index contributed by atoms with van der Waals surface area (Å²) in [7, 11) is 3.54. The Morgan fingerprint density at radius 2 is 1.94 bits per heavy atom. The molecule has 3 aromatic rings. The van der Waals surface area contributed by atoms with Crippen LogP contribution in [-0.4, -0.2) is 83.9 Å². The van der Waals surface area contributed by atoms with Crippen molar-refractivity contribution in [2.45, 2.75) is 38.5 Å². The van der Waals surface area contributed by atoms with Crippen LogP contribution in [0.3, 0.4) is 0 Å². The molecular formula is C24H31FN6O2. The van der Waals surface area contributed by atoms with Crippen LogP contribution in [0, 0.1) is 6.92 Å². The zero-order chi connectivity index (χ0) is 23.1. The van der Waals surface area contributed by atoms with E-state index in [4.69, 9.17) is 9.47 Å². The van der Waals surface area contributed by atoms with E-state index in [2.05, 4.69) is 50.8 Å². The first-order valence-corrected chi connectivity index (χ1v) is 11.5. The second kappa shape index (κ2) is 8.87. The van der Waals surface area contributed by atoms with Gasteiger partial charge in [-0.05, 0) is 57.1 Å². The number of likely N-dealkylation sites (tertiary alicyclic amines) is 1. The van der Waals surface area contributed by atoms with Gasteiger partial charge in [0, 0.05) is 37.0 Å². The minimum absolute atomic E-state index is 0.112. The summed E-state index contributed by atoms with van der Waals surface area (Å²) >= 11 is 0. The number of piperidine rings is 1. The van der Waals surface area contributed by atoms with Gasteiger partial charge >= 0.3 is 6.01 Å². The maximum Gasteiger partial charge on any atom is 0.320 e. The van der Waals surface area contributed by atoms with Crippen LogP contribution in [0.2, 0.25) is 0 Å². The molecular weight excluding hydrogens is 423 g/mol. The van der Waals surface area contributed by atoms with Gasteiger partial charge in [-0.25, -0.2) is 9.07 Å². The molecule has 0 radical (unpaired) electrons. The Bertz CT molecular complexity index is 1150. The van der Waals surface area contributed by atoms with E-state index < -0.39 is 6.17 Å². The first-order chi connectivity index (χ1) is 15.9. The lowest BCUT2D eigenvalue weighted by Gasteiger charge is -2.33. The van der Waals surface area contributed by atoms with Crippen LogP contribution in [0.5, 0.6) is 6.01 Å². The molecule has 2 fully saturated rings. The summed E-state index contributed by atoms with van der Waals surface area (Å²) in [5.41, 5.74) is 3.05. The number of morpholine rings is 1. The molecule has 1 aromatic carbocycles. The van der Waals surface area contributed by atoms with E-state index in [1.165, 1.54) is 0 Å². The molecule has 2 unspecified atom stereocenters. The molecule has 9 heteroatoms. The molecule has 4 heterocycles. The summed E-state index contributed by atoms with van der Waals surface area (Å²) < 4.78 is 27.9. The third-order valence-electron chi connectivity index (χ3n) is 6.74. The normalized spacial score (nSPS) is 24.4. The van der Waals surface area contributed by atoms with Crippen molar-refractivity contribution in [2.75, 3.05) is 51.8 Å². The fourth-order valence-electron chi connectivity index (χ4n) is 4.98. The van der Waals surface area contributed by atoms with Gasteiger partial charge in [0.15, 0.2) is 5.82 Å². The molecule has 0 N–H and O–H groups in total. The Morgan fingerprint density at radius 3 is 2.70 bits per heavy atom. The second-order valence-corrected chi connectivity index (χ2v) is 9.20. The lowest BCUT2D eigenvalue weighted by atomic mass is 9.85. The summed E-state index contributed by atoms with van der Waals surface area (Å²) in [4.78, 5) is 13.4. The summed E-state index contributed by atoms with van der Waals surface area (Å²) in [6, 6.07) is 6.41. The van der Waals surface area contributed by atoms with Crippen molar-refractivity contribution >= 4 is 16.7 Å². The fourth-order valence-corrected chi connectivity index (χ4v) is 4.98. The van der Waals surface area contributed by atoms with E-state index in [9.17, 15) is 4.39 Å². The maximum absolute atomic E-state index is 15.0. The van der Waals surface area contributed by atoms with Gasteiger partial charge in [0.25, 0.3) is 0 Å². The molecule has 3 atom stereocenters. The quantitative estimate of drug-likeness (QED) is 0.600. The van der Waals surface area contributed by atoms with Crippen LogP contribution >= 0.6 is 0 Å². The fraction of sp³-hybridized carbons (Fsp3) is 0.542. The van der Waals surface area contributed by atoms with Crippen LogP contribution in [0.15, 0.2) is 24.4 Å². The average molecular weight is 455 g/mol. The average Bonchev–Trinajstić information content (AvgIpc) is 3.21. The first kappa shape index (κ1) is 22.0. The predicted molar refractivity (Wildman–Crippen MR) is 125 cm³/mol. The number of ether oxygens (including phenoxy) is 2. The number of fused-ring (bicyclic) bond motifs is 1. The van der Waals surface area contributed by atoms with Gasteiger partial charge in [-0.2, -0.15) is 15.1 Å². The monoisotopic (exact) mass is 454 g/mol. The van der Waals surface area contributed by atoms with Crippen molar-refractivity contribution in [2.24, 2.45) is 0 Å². The molecule has 0 bridgehead atoms. The number of anilines is 1. The number of hydrogen-bond acceptors (Lipinski definition) is 7. The molecule has 0 amide bonds. The summed E-state index contributed by atoms with van der Waals surface area (Å²) in [5, 5.41) is 5.63. The minimum atomic E-state index is -0.884.